The van der Waals surface area contributed by atoms with E-state index in [0.717, 1.165) is 10.5 Å². The van der Waals surface area contributed by atoms with E-state index in [1.807, 2.05) is 30.5 Å². The topological polar surface area (TPSA) is 88.1 Å². The molecule has 1 fully saturated rings. The van der Waals surface area contributed by atoms with Crippen LogP contribution in [0.3, 0.4) is 0 Å². The van der Waals surface area contributed by atoms with Crippen LogP contribution in [-0.2, 0) is 14.8 Å². The number of hydrogen-bond acceptors (Lipinski definition) is 6. The largest absolute Gasteiger partial charge is 0.379 e. The number of ether oxygens (including phenoxy) is 1. The van der Waals surface area contributed by atoms with E-state index in [2.05, 4.69) is 10.5 Å². The van der Waals surface area contributed by atoms with Gasteiger partial charge in [-0.05, 0) is 42.2 Å². The average molecular weight is 420 g/mol. The van der Waals surface area contributed by atoms with Crippen LogP contribution in [0.2, 0.25) is 0 Å². The zero-order valence-corrected chi connectivity index (χ0v) is 17.0. The molecular weight excluding hydrogens is 398 g/mol. The SMILES string of the molecule is CSc1ccc(/C=N\NC(=O)c2cccc(S(=O)(=O)N3CCOCC3)c2)cc1. The monoisotopic (exact) mass is 419 g/mol. The molecule has 3 rings (SSSR count). The highest BCUT2D eigenvalue weighted by Gasteiger charge is 2.26. The van der Waals surface area contributed by atoms with E-state index in [1.165, 1.54) is 22.7 Å². The Balaban J connectivity index is 1.68. The first-order chi connectivity index (χ1) is 13.5. The Labute approximate surface area is 168 Å². The lowest BCUT2D eigenvalue weighted by atomic mass is 10.2. The average Bonchev–Trinajstić information content (AvgIpc) is 2.75. The molecule has 7 nitrogen and oxygen atoms in total. The van der Waals surface area contributed by atoms with Crippen molar-refractivity contribution in [2.24, 2.45) is 5.10 Å². The normalized spacial score (nSPS) is 15.6. The fraction of sp³-hybridized carbons (Fsp3) is 0.263. The summed E-state index contributed by atoms with van der Waals surface area (Å²) in [5.41, 5.74) is 3.51. The molecule has 1 saturated heterocycles. The summed E-state index contributed by atoms with van der Waals surface area (Å²) in [7, 11) is -3.66. The third-order valence-corrected chi connectivity index (χ3v) is 6.84. The molecular formula is C19H21N3O4S2. The van der Waals surface area contributed by atoms with Crippen molar-refractivity contribution >= 4 is 33.9 Å². The van der Waals surface area contributed by atoms with E-state index in [1.54, 1.807) is 23.9 Å². The van der Waals surface area contributed by atoms with E-state index in [4.69, 9.17) is 4.74 Å². The number of carbonyl (C=O) groups is 1. The van der Waals surface area contributed by atoms with Gasteiger partial charge in [0.1, 0.15) is 0 Å². The van der Waals surface area contributed by atoms with Crippen molar-refractivity contribution in [3.05, 3.63) is 59.7 Å². The van der Waals surface area contributed by atoms with Crippen LogP contribution < -0.4 is 5.43 Å². The number of amides is 1. The van der Waals surface area contributed by atoms with Gasteiger partial charge in [0.05, 0.1) is 24.3 Å². The quantitative estimate of drug-likeness (QED) is 0.441. The minimum absolute atomic E-state index is 0.0821. The summed E-state index contributed by atoms with van der Waals surface area (Å²) in [4.78, 5) is 13.6. The van der Waals surface area contributed by atoms with Gasteiger partial charge < -0.3 is 4.74 Å². The number of sulfonamides is 1. The second kappa shape index (κ2) is 9.33. The van der Waals surface area contributed by atoms with Gasteiger partial charge in [0.25, 0.3) is 5.91 Å². The smallest absolute Gasteiger partial charge is 0.271 e. The minimum atomic E-state index is -3.66. The molecule has 1 heterocycles. The molecule has 2 aromatic rings. The molecule has 0 atom stereocenters. The predicted molar refractivity (Wildman–Crippen MR) is 109 cm³/mol. The maximum absolute atomic E-state index is 12.7. The molecule has 28 heavy (non-hydrogen) atoms. The first-order valence-electron chi connectivity index (χ1n) is 8.66. The maximum Gasteiger partial charge on any atom is 0.271 e. The molecule has 0 unspecified atom stereocenters. The molecule has 1 aliphatic heterocycles. The van der Waals surface area contributed by atoms with E-state index in [0.29, 0.717) is 26.3 Å². The fourth-order valence-electron chi connectivity index (χ4n) is 2.65. The van der Waals surface area contributed by atoms with Gasteiger partial charge in [-0.2, -0.15) is 9.41 Å². The van der Waals surface area contributed by atoms with Crippen LogP contribution in [-0.4, -0.2) is 57.4 Å². The molecule has 0 radical (unpaired) electrons. The molecule has 1 amide bonds. The van der Waals surface area contributed by atoms with Gasteiger partial charge in [0.15, 0.2) is 0 Å². The van der Waals surface area contributed by atoms with Gasteiger partial charge in [0, 0.05) is 23.5 Å². The molecule has 1 aliphatic rings. The summed E-state index contributed by atoms with van der Waals surface area (Å²) in [6.07, 6.45) is 3.53. The van der Waals surface area contributed by atoms with Crippen molar-refractivity contribution in [1.82, 2.24) is 9.73 Å². The van der Waals surface area contributed by atoms with Gasteiger partial charge in [-0.3, -0.25) is 4.79 Å². The molecule has 9 heteroatoms. The third-order valence-electron chi connectivity index (χ3n) is 4.20. The Morgan fingerprint density at radius 1 is 1.18 bits per heavy atom. The number of nitrogens with zero attached hydrogens (tertiary/aromatic N) is 2. The predicted octanol–water partition coefficient (Wildman–Crippen LogP) is 2.19. The van der Waals surface area contributed by atoms with E-state index >= 15 is 0 Å². The molecule has 0 bridgehead atoms. The standard InChI is InChI=1S/C19H21N3O4S2/c1-27-17-7-5-15(6-8-17)14-20-21-19(23)16-3-2-4-18(13-16)28(24,25)22-9-11-26-12-10-22/h2-8,13-14H,9-12H2,1H3,(H,21,23)/b20-14-. The van der Waals surface area contributed by atoms with Crippen molar-refractivity contribution in [2.75, 3.05) is 32.6 Å². The Bertz CT molecular complexity index is 953. The second-order valence-corrected chi connectivity index (χ2v) is 8.83. The van der Waals surface area contributed by atoms with Crippen molar-refractivity contribution in [3.8, 4) is 0 Å². The number of carbonyl (C=O) groups excluding carboxylic acids is 1. The number of rotatable bonds is 6. The van der Waals surface area contributed by atoms with Crippen LogP contribution in [0, 0.1) is 0 Å². The number of hydrazone groups is 1. The van der Waals surface area contributed by atoms with Crippen molar-refractivity contribution < 1.29 is 17.9 Å². The first-order valence-corrected chi connectivity index (χ1v) is 11.3. The second-order valence-electron chi connectivity index (χ2n) is 6.02. The zero-order valence-electron chi connectivity index (χ0n) is 15.4. The lowest BCUT2D eigenvalue weighted by Gasteiger charge is -2.26. The lowest BCUT2D eigenvalue weighted by Crippen LogP contribution is -2.40. The Hall–Kier alpha value is -2.20. The number of benzene rings is 2. The fourth-order valence-corrected chi connectivity index (χ4v) is 4.52. The Kier molecular flexibility index (Phi) is 6.84. The van der Waals surface area contributed by atoms with E-state index < -0.39 is 15.9 Å². The van der Waals surface area contributed by atoms with Crippen LogP contribution >= 0.6 is 11.8 Å². The number of thioether (sulfide) groups is 1. The molecule has 0 spiro atoms. The van der Waals surface area contributed by atoms with Crippen molar-refractivity contribution in [3.63, 3.8) is 0 Å². The minimum Gasteiger partial charge on any atom is -0.379 e. The Morgan fingerprint density at radius 3 is 2.57 bits per heavy atom. The van der Waals surface area contributed by atoms with Crippen molar-refractivity contribution in [2.45, 2.75) is 9.79 Å². The van der Waals surface area contributed by atoms with Crippen LogP contribution in [0.5, 0.6) is 0 Å². The van der Waals surface area contributed by atoms with Crippen LogP contribution in [0.15, 0.2) is 63.4 Å². The maximum atomic E-state index is 12.7. The zero-order chi connectivity index (χ0) is 20.0. The molecule has 148 valence electrons. The molecule has 1 N–H and O–H groups in total. The van der Waals surface area contributed by atoms with Gasteiger partial charge in [-0.1, -0.05) is 18.2 Å². The first kappa shape index (κ1) is 20.5. The third kappa shape index (κ3) is 4.99. The molecule has 2 aromatic carbocycles. The number of nitrogens with one attached hydrogen (secondary N) is 1. The molecule has 0 aliphatic carbocycles. The molecule has 0 saturated carbocycles. The number of morpholine rings is 1. The highest BCUT2D eigenvalue weighted by atomic mass is 32.2. The van der Waals surface area contributed by atoms with Gasteiger partial charge >= 0.3 is 0 Å². The van der Waals surface area contributed by atoms with Gasteiger partial charge in [-0.25, -0.2) is 13.8 Å². The van der Waals surface area contributed by atoms with Crippen molar-refractivity contribution in [1.29, 1.82) is 0 Å². The van der Waals surface area contributed by atoms with Gasteiger partial charge in [-0.15, -0.1) is 11.8 Å². The molecule has 0 aromatic heterocycles. The highest BCUT2D eigenvalue weighted by molar-refractivity contribution is 7.98. The summed E-state index contributed by atoms with van der Waals surface area (Å²) in [5.74, 6) is -0.476. The summed E-state index contributed by atoms with van der Waals surface area (Å²) < 4.78 is 32.0. The van der Waals surface area contributed by atoms with Crippen LogP contribution in [0.25, 0.3) is 0 Å². The summed E-state index contributed by atoms with van der Waals surface area (Å²) in [6.45, 7) is 1.34. The summed E-state index contributed by atoms with van der Waals surface area (Å²) in [6, 6.07) is 13.7. The van der Waals surface area contributed by atoms with Gasteiger partial charge in [0.2, 0.25) is 10.0 Å². The highest BCUT2D eigenvalue weighted by Crippen LogP contribution is 2.18. The van der Waals surface area contributed by atoms with Crippen LogP contribution in [0.4, 0.5) is 0 Å². The van der Waals surface area contributed by atoms with E-state index in [9.17, 15) is 13.2 Å². The summed E-state index contributed by atoms with van der Waals surface area (Å²) >= 11 is 1.64. The summed E-state index contributed by atoms with van der Waals surface area (Å²) in [5, 5.41) is 3.95. The number of hydrogen-bond donors (Lipinski definition) is 1. The lowest BCUT2D eigenvalue weighted by molar-refractivity contribution is 0.0730. The van der Waals surface area contributed by atoms with E-state index in [-0.39, 0.29) is 10.5 Å². The Morgan fingerprint density at radius 2 is 1.89 bits per heavy atom. The van der Waals surface area contributed by atoms with Crippen LogP contribution in [0.1, 0.15) is 15.9 Å².